The molecule has 2 aliphatic carbocycles. The summed E-state index contributed by atoms with van der Waals surface area (Å²) in [5.74, 6) is 0.275. The van der Waals surface area contributed by atoms with E-state index in [1.54, 1.807) is 0 Å². The lowest BCUT2D eigenvalue weighted by Gasteiger charge is -2.64. The average Bonchev–Trinajstić information content (AvgIpc) is 3.19. The number of fused-ring (bicyclic) bond motifs is 1. The van der Waals surface area contributed by atoms with Gasteiger partial charge in [0.1, 0.15) is 5.75 Å². The fourth-order valence-corrected chi connectivity index (χ4v) is 6.62. The molecule has 1 aromatic carbocycles. The van der Waals surface area contributed by atoms with Crippen molar-refractivity contribution in [2.24, 2.45) is 0 Å². The van der Waals surface area contributed by atoms with Crippen molar-refractivity contribution in [3.05, 3.63) is 28.8 Å². The van der Waals surface area contributed by atoms with Gasteiger partial charge in [0, 0.05) is 18.0 Å². The van der Waals surface area contributed by atoms with Crippen molar-refractivity contribution in [1.82, 2.24) is 4.90 Å². The Balaban J connectivity index is 1.67. The molecule has 5 heteroatoms. The van der Waals surface area contributed by atoms with Crippen LogP contribution in [0.3, 0.4) is 0 Å². The molecule has 0 aromatic heterocycles. The van der Waals surface area contributed by atoms with Gasteiger partial charge >= 0.3 is 0 Å². The smallest absolute Gasteiger partial charge is 0.207 e. The molecule has 3 aliphatic heterocycles. The number of aliphatic hydroxyl groups is 1. The molecule has 3 fully saturated rings. The highest BCUT2D eigenvalue weighted by molar-refractivity contribution is 5.60. The van der Waals surface area contributed by atoms with Gasteiger partial charge in [-0.25, -0.2) is 0 Å². The first kappa shape index (κ1) is 15.0. The zero-order valence-electron chi connectivity index (χ0n) is 14.9. The van der Waals surface area contributed by atoms with E-state index in [0.717, 1.165) is 30.7 Å². The zero-order valence-corrected chi connectivity index (χ0v) is 14.9. The third-order valence-corrected chi connectivity index (χ3v) is 7.73. The van der Waals surface area contributed by atoms with E-state index in [4.69, 9.17) is 14.2 Å². The second kappa shape index (κ2) is 4.39. The molecule has 3 heterocycles. The number of benzene rings is 1. The molecule has 2 spiro atoms. The number of likely N-dealkylation sites (tertiary alicyclic amines) is 1. The lowest BCUT2D eigenvalue weighted by Crippen LogP contribution is -2.79. The van der Waals surface area contributed by atoms with Crippen molar-refractivity contribution in [3.8, 4) is 5.75 Å². The third kappa shape index (κ3) is 1.45. The van der Waals surface area contributed by atoms with Gasteiger partial charge in [-0.3, -0.25) is 0 Å². The molecule has 5 nitrogen and oxygen atoms in total. The van der Waals surface area contributed by atoms with Gasteiger partial charge in [-0.05, 0) is 50.9 Å². The van der Waals surface area contributed by atoms with E-state index in [1.807, 2.05) is 0 Å². The van der Waals surface area contributed by atoms with Gasteiger partial charge in [0.05, 0.1) is 24.2 Å². The number of hydrogen-bond donors (Lipinski definition) is 1. The van der Waals surface area contributed by atoms with Crippen LogP contribution in [0, 0.1) is 6.92 Å². The van der Waals surface area contributed by atoms with Crippen LogP contribution < -0.4 is 4.74 Å². The normalized spacial score (nSPS) is 43.2. The standard InChI is InChI=1S/C20H25NO4/c1-12-3-4-13-11-14-19(22)5-6-20(23-9-10-24-20)17-18(19,7-8-21(14)2)15(13)16(12)25-17/h3-4,14,17,22H,5-11H2,1-2H3/t14-,17-,18+,19-/m1/s1. The van der Waals surface area contributed by atoms with E-state index in [2.05, 4.69) is 31.0 Å². The van der Waals surface area contributed by atoms with Gasteiger partial charge in [-0.2, -0.15) is 0 Å². The topological polar surface area (TPSA) is 51.2 Å². The minimum Gasteiger partial charge on any atom is -0.483 e. The van der Waals surface area contributed by atoms with E-state index >= 15 is 0 Å². The Morgan fingerprint density at radius 2 is 1.96 bits per heavy atom. The molecule has 1 aromatic rings. The summed E-state index contributed by atoms with van der Waals surface area (Å²) in [5, 5.41) is 12.1. The van der Waals surface area contributed by atoms with Crippen molar-refractivity contribution >= 4 is 0 Å². The monoisotopic (exact) mass is 343 g/mol. The molecule has 0 amide bonds. The number of aryl methyl sites for hydroxylation is 1. The fraction of sp³-hybridized carbons (Fsp3) is 0.700. The Morgan fingerprint density at radius 3 is 2.76 bits per heavy atom. The van der Waals surface area contributed by atoms with Crippen LogP contribution in [0.1, 0.15) is 36.0 Å². The van der Waals surface area contributed by atoms with Crippen LogP contribution in [-0.2, 0) is 21.3 Å². The average molecular weight is 343 g/mol. The number of hydrogen-bond acceptors (Lipinski definition) is 5. The van der Waals surface area contributed by atoms with Crippen LogP contribution >= 0.6 is 0 Å². The Hall–Kier alpha value is -1.14. The van der Waals surface area contributed by atoms with Crippen LogP contribution in [0.15, 0.2) is 12.1 Å². The summed E-state index contributed by atoms with van der Waals surface area (Å²) >= 11 is 0. The maximum atomic E-state index is 12.1. The van der Waals surface area contributed by atoms with Gasteiger partial charge in [0.25, 0.3) is 0 Å². The van der Waals surface area contributed by atoms with Crippen LogP contribution in [-0.4, -0.2) is 60.3 Å². The van der Waals surface area contributed by atoms with E-state index in [1.165, 1.54) is 11.1 Å². The van der Waals surface area contributed by atoms with E-state index in [0.29, 0.717) is 26.1 Å². The highest BCUT2D eigenvalue weighted by atomic mass is 16.8. The molecule has 6 rings (SSSR count). The lowest BCUT2D eigenvalue weighted by atomic mass is 9.48. The molecule has 1 N–H and O–H groups in total. The maximum absolute atomic E-state index is 12.1. The summed E-state index contributed by atoms with van der Waals surface area (Å²) in [6.07, 6.45) is 2.92. The molecule has 5 aliphatic rings. The predicted molar refractivity (Wildman–Crippen MR) is 90.8 cm³/mol. The molecule has 25 heavy (non-hydrogen) atoms. The van der Waals surface area contributed by atoms with Crippen LogP contribution in [0.2, 0.25) is 0 Å². The summed E-state index contributed by atoms with van der Waals surface area (Å²) in [4.78, 5) is 2.34. The van der Waals surface area contributed by atoms with E-state index in [-0.39, 0.29) is 12.1 Å². The van der Waals surface area contributed by atoms with Crippen molar-refractivity contribution < 1.29 is 19.3 Å². The highest BCUT2D eigenvalue weighted by Gasteiger charge is 2.76. The Kier molecular flexibility index (Phi) is 2.63. The Bertz CT molecular complexity index is 773. The van der Waals surface area contributed by atoms with Crippen LogP contribution in [0.4, 0.5) is 0 Å². The summed E-state index contributed by atoms with van der Waals surface area (Å²) < 4.78 is 18.9. The number of ether oxygens (including phenoxy) is 3. The minimum absolute atomic E-state index is 0.132. The molecular formula is C20H25NO4. The molecule has 0 radical (unpaired) electrons. The summed E-state index contributed by atoms with van der Waals surface area (Å²) in [5.41, 5.74) is 2.54. The number of rotatable bonds is 0. The summed E-state index contributed by atoms with van der Waals surface area (Å²) in [7, 11) is 2.15. The Morgan fingerprint density at radius 1 is 1.16 bits per heavy atom. The second-order valence-corrected chi connectivity index (χ2v) is 8.60. The van der Waals surface area contributed by atoms with Crippen molar-refractivity contribution in [2.75, 3.05) is 26.8 Å². The largest absolute Gasteiger partial charge is 0.483 e. The van der Waals surface area contributed by atoms with Crippen molar-refractivity contribution in [3.63, 3.8) is 0 Å². The van der Waals surface area contributed by atoms with Gasteiger partial charge in [-0.1, -0.05) is 12.1 Å². The van der Waals surface area contributed by atoms with E-state index < -0.39 is 16.8 Å². The number of piperidine rings is 1. The zero-order chi connectivity index (χ0) is 17.0. The predicted octanol–water partition coefficient (Wildman–Crippen LogP) is 1.52. The first-order valence-electron chi connectivity index (χ1n) is 9.52. The minimum atomic E-state index is -0.780. The number of likely N-dealkylation sites (N-methyl/N-ethyl adjacent to an activating group) is 1. The SMILES string of the molecule is Cc1ccc2c3c1O[C@H]1C4(CC[C@@]5(O)[C@@H](C2)N(C)CC[C@]315)OCCO4. The fourth-order valence-electron chi connectivity index (χ4n) is 6.62. The van der Waals surface area contributed by atoms with Crippen LogP contribution in [0.25, 0.3) is 0 Å². The van der Waals surface area contributed by atoms with Crippen molar-refractivity contribution in [2.45, 2.75) is 61.6 Å². The molecule has 0 unspecified atom stereocenters. The second-order valence-electron chi connectivity index (χ2n) is 8.60. The highest BCUT2D eigenvalue weighted by Crippen LogP contribution is 2.67. The van der Waals surface area contributed by atoms with Crippen LogP contribution in [0.5, 0.6) is 5.75 Å². The summed E-state index contributed by atoms with van der Waals surface area (Å²) in [6, 6.07) is 4.53. The molecule has 4 atom stereocenters. The number of nitrogens with zero attached hydrogens (tertiary/aromatic N) is 1. The first-order chi connectivity index (χ1) is 12.0. The lowest BCUT2D eigenvalue weighted by molar-refractivity contribution is -0.295. The van der Waals surface area contributed by atoms with E-state index in [9.17, 15) is 5.11 Å². The van der Waals surface area contributed by atoms with Crippen molar-refractivity contribution in [1.29, 1.82) is 0 Å². The van der Waals surface area contributed by atoms with Gasteiger partial charge < -0.3 is 24.2 Å². The summed E-state index contributed by atoms with van der Waals surface area (Å²) in [6.45, 7) is 4.29. The molecule has 2 bridgehead atoms. The van der Waals surface area contributed by atoms with Gasteiger partial charge in [0.2, 0.25) is 5.79 Å². The quantitative estimate of drug-likeness (QED) is 0.774. The molecule has 2 saturated heterocycles. The molecule has 134 valence electrons. The first-order valence-corrected chi connectivity index (χ1v) is 9.52. The molecule has 1 saturated carbocycles. The van der Waals surface area contributed by atoms with Gasteiger partial charge in [-0.15, -0.1) is 0 Å². The third-order valence-electron chi connectivity index (χ3n) is 7.73. The maximum Gasteiger partial charge on any atom is 0.207 e. The Labute approximate surface area is 147 Å². The van der Waals surface area contributed by atoms with Gasteiger partial charge in [0.15, 0.2) is 6.10 Å². The molecular weight excluding hydrogens is 318 g/mol.